The molecule has 0 saturated heterocycles. The summed E-state index contributed by atoms with van der Waals surface area (Å²) in [5, 5.41) is 3.44. The van der Waals surface area contributed by atoms with Crippen LogP contribution in [0.25, 0.3) is 0 Å². The molecular weight excluding hydrogens is 210 g/mol. The lowest BCUT2D eigenvalue weighted by Gasteiger charge is -2.37. The molecule has 1 N–H and O–H groups in total. The van der Waals surface area contributed by atoms with Gasteiger partial charge in [0.05, 0.1) is 0 Å². The Hall–Kier alpha value is -0.370. The van der Waals surface area contributed by atoms with Crippen molar-refractivity contribution >= 4 is 5.78 Å². The summed E-state index contributed by atoms with van der Waals surface area (Å²) in [5.74, 6) is 1.06. The molecule has 0 unspecified atom stereocenters. The van der Waals surface area contributed by atoms with Crippen LogP contribution in [0.5, 0.6) is 0 Å². The largest absolute Gasteiger partial charge is 0.314 e. The molecule has 0 aliphatic heterocycles. The van der Waals surface area contributed by atoms with Gasteiger partial charge in [-0.3, -0.25) is 4.79 Å². The number of nitrogens with one attached hydrogen (secondary N) is 1. The van der Waals surface area contributed by atoms with Crippen molar-refractivity contribution in [2.75, 3.05) is 7.05 Å². The minimum atomic E-state index is 0.126. The smallest absolute Gasteiger partial charge is 0.135 e. The summed E-state index contributed by atoms with van der Waals surface area (Å²) in [5.41, 5.74) is 0.126. The highest BCUT2D eigenvalue weighted by Gasteiger charge is 2.32. The van der Waals surface area contributed by atoms with Crippen molar-refractivity contribution in [3.05, 3.63) is 0 Å². The first-order chi connectivity index (χ1) is 8.15. The lowest BCUT2D eigenvalue weighted by molar-refractivity contribution is -0.121. The molecule has 0 bridgehead atoms. The average Bonchev–Trinajstić information content (AvgIpc) is 2.37. The molecule has 1 rings (SSSR count). The van der Waals surface area contributed by atoms with Crippen molar-refractivity contribution < 1.29 is 4.79 Å². The molecule has 0 amide bonds. The molecular formula is C15H29NO. The number of ketones is 1. The Kier molecular flexibility index (Phi) is 6.18. The van der Waals surface area contributed by atoms with Gasteiger partial charge in [-0.25, -0.2) is 0 Å². The van der Waals surface area contributed by atoms with Crippen molar-refractivity contribution in [1.82, 2.24) is 5.32 Å². The van der Waals surface area contributed by atoms with Crippen LogP contribution in [0.3, 0.4) is 0 Å². The Balaban J connectivity index is 2.47. The van der Waals surface area contributed by atoms with Gasteiger partial charge in [0.2, 0.25) is 0 Å². The van der Waals surface area contributed by atoms with Gasteiger partial charge in [-0.1, -0.05) is 46.0 Å². The first-order valence-electron chi connectivity index (χ1n) is 7.36. The molecule has 0 aromatic carbocycles. The fourth-order valence-electron chi connectivity index (χ4n) is 3.09. The molecule has 100 valence electrons. The molecule has 2 heteroatoms. The van der Waals surface area contributed by atoms with E-state index in [9.17, 15) is 4.79 Å². The first-order valence-corrected chi connectivity index (χ1v) is 7.36. The van der Waals surface area contributed by atoms with Gasteiger partial charge in [-0.2, -0.15) is 0 Å². The quantitative estimate of drug-likeness (QED) is 0.734. The fourth-order valence-corrected chi connectivity index (χ4v) is 3.09. The van der Waals surface area contributed by atoms with E-state index in [2.05, 4.69) is 19.2 Å². The van der Waals surface area contributed by atoms with E-state index in [1.165, 1.54) is 32.1 Å². The van der Waals surface area contributed by atoms with Crippen molar-refractivity contribution in [2.24, 2.45) is 5.92 Å². The third-order valence-corrected chi connectivity index (χ3v) is 4.55. The monoisotopic (exact) mass is 239 g/mol. The Morgan fingerprint density at radius 3 is 2.24 bits per heavy atom. The molecule has 0 atom stereocenters. The molecule has 1 fully saturated rings. The van der Waals surface area contributed by atoms with E-state index in [4.69, 9.17) is 0 Å². The van der Waals surface area contributed by atoms with E-state index in [-0.39, 0.29) is 5.54 Å². The van der Waals surface area contributed by atoms with Gasteiger partial charge in [-0.05, 0) is 25.8 Å². The van der Waals surface area contributed by atoms with E-state index in [1.807, 2.05) is 7.05 Å². The third-order valence-electron chi connectivity index (χ3n) is 4.55. The highest BCUT2D eigenvalue weighted by molar-refractivity contribution is 5.79. The van der Waals surface area contributed by atoms with Crippen molar-refractivity contribution in [3.63, 3.8) is 0 Å². The number of hydrogen-bond donors (Lipinski definition) is 1. The van der Waals surface area contributed by atoms with Gasteiger partial charge in [-0.15, -0.1) is 0 Å². The van der Waals surface area contributed by atoms with E-state index < -0.39 is 0 Å². The molecule has 1 saturated carbocycles. The van der Waals surface area contributed by atoms with Crippen LogP contribution in [0.1, 0.15) is 71.6 Å². The number of rotatable bonds is 7. The van der Waals surface area contributed by atoms with Crippen LogP contribution in [0.4, 0.5) is 0 Å². The summed E-state index contributed by atoms with van der Waals surface area (Å²) in [7, 11) is 2.02. The van der Waals surface area contributed by atoms with Crippen LogP contribution in [0, 0.1) is 5.92 Å². The average molecular weight is 239 g/mol. The van der Waals surface area contributed by atoms with Crippen LogP contribution in [-0.2, 0) is 4.79 Å². The molecule has 0 radical (unpaired) electrons. The topological polar surface area (TPSA) is 29.1 Å². The number of Topliss-reactive ketones (excluding diaryl/α,β-unsaturated/α-hetero) is 1. The zero-order valence-electron chi connectivity index (χ0n) is 11.8. The predicted octanol–water partition coefficient (Wildman–Crippen LogP) is 3.69. The summed E-state index contributed by atoms with van der Waals surface area (Å²) >= 11 is 0. The van der Waals surface area contributed by atoms with Gasteiger partial charge < -0.3 is 5.32 Å². The number of hydrogen-bond acceptors (Lipinski definition) is 2. The van der Waals surface area contributed by atoms with E-state index in [0.717, 1.165) is 25.7 Å². The SMILES string of the molecule is CCC(CC)CC(=O)CC1(NC)CCCCC1. The Morgan fingerprint density at radius 1 is 1.18 bits per heavy atom. The zero-order valence-corrected chi connectivity index (χ0v) is 11.8. The molecule has 1 aliphatic rings. The summed E-state index contributed by atoms with van der Waals surface area (Å²) in [6, 6.07) is 0. The van der Waals surface area contributed by atoms with Crippen LogP contribution >= 0.6 is 0 Å². The first kappa shape index (κ1) is 14.7. The minimum absolute atomic E-state index is 0.126. The molecule has 1 aliphatic carbocycles. The summed E-state index contributed by atoms with van der Waals surface area (Å²) in [6.07, 6.45) is 10.1. The molecule has 0 aromatic rings. The second kappa shape index (κ2) is 7.15. The normalized spacial score (nSPS) is 19.5. The van der Waals surface area contributed by atoms with E-state index in [1.54, 1.807) is 0 Å². The number of carbonyl (C=O) groups excluding carboxylic acids is 1. The standard InChI is InChI=1S/C15H29NO/c1-4-13(5-2)11-14(17)12-15(16-3)9-7-6-8-10-15/h13,16H,4-12H2,1-3H3. The molecule has 0 heterocycles. The number of carbonyl (C=O) groups is 1. The predicted molar refractivity (Wildman–Crippen MR) is 73.2 cm³/mol. The molecule has 17 heavy (non-hydrogen) atoms. The summed E-state index contributed by atoms with van der Waals surface area (Å²) < 4.78 is 0. The van der Waals surface area contributed by atoms with E-state index >= 15 is 0 Å². The van der Waals surface area contributed by atoms with Crippen LogP contribution in [-0.4, -0.2) is 18.4 Å². The lowest BCUT2D eigenvalue weighted by Crippen LogP contribution is -2.46. The van der Waals surface area contributed by atoms with Crippen molar-refractivity contribution in [3.8, 4) is 0 Å². The highest BCUT2D eigenvalue weighted by atomic mass is 16.1. The maximum Gasteiger partial charge on any atom is 0.135 e. The highest BCUT2D eigenvalue weighted by Crippen LogP contribution is 2.31. The Labute approximate surface area is 107 Å². The van der Waals surface area contributed by atoms with Gasteiger partial charge in [0.25, 0.3) is 0 Å². The molecule has 0 spiro atoms. The van der Waals surface area contributed by atoms with Gasteiger partial charge in [0.1, 0.15) is 5.78 Å². The van der Waals surface area contributed by atoms with Crippen LogP contribution < -0.4 is 5.32 Å². The lowest BCUT2D eigenvalue weighted by atomic mass is 9.77. The third kappa shape index (κ3) is 4.42. The maximum absolute atomic E-state index is 12.2. The molecule has 0 aromatic heterocycles. The van der Waals surface area contributed by atoms with Crippen LogP contribution in [0.15, 0.2) is 0 Å². The van der Waals surface area contributed by atoms with Crippen LogP contribution in [0.2, 0.25) is 0 Å². The van der Waals surface area contributed by atoms with Crippen molar-refractivity contribution in [2.45, 2.75) is 77.2 Å². The van der Waals surface area contributed by atoms with Crippen molar-refractivity contribution in [1.29, 1.82) is 0 Å². The summed E-state index contributed by atoms with van der Waals surface area (Å²) in [6.45, 7) is 4.38. The maximum atomic E-state index is 12.2. The fraction of sp³-hybridized carbons (Fsp3) is 0.933. The second-order valence-electron chi connectivity index (χ2n) is 5.69. The zero-order chi connectivity index (χ0) is 12.7. The minimum Gasteiger partial charge on any atom is -0.314 e. The molecule has 2 nitrogen and oxygen atoms in total. The van der Waals surface area contributed by atoms with Gasteiger partial charge in [0, 0.05) is 18.4 Å². The summed E-state index contributed by atoms with van der Waals surface area (Å²) in [4.78, 5) is 12.2. The van der Waals surface area contributed by atoms with E-state index in [0.29, 0.717) is 11.7 Å². The Morgan fingerprint density at radius 2 is 1.76 bits per heavy atom. The second-order valence-corrected chi connectivity index (χ2v) is 5.69. The van der Waals surface area contributed by atoms with Gasteiger partial charge in [0.15, 0.2) is 0 Å². The Bertz CT molecular complexity index is 227. The van der Waals surface area contributed by atoms with Gasteiger partial charge >= 0.3 is 0 Å².